The van der Waals surface area contributed by atoms with Gasteiger partial charge < -0.3 is 10.2 Å². The van der Waals surface area contributed by atoms with Gasteiger partial charge in [0.2, 0.25) is 21.8 Å². The Morgan fingerprint density at radius 3 is 2.31 bits per heavy atom. The highest BCUT2D eigenvalue weighted by molar-refractivity contribution is 7.89. The molecule has 7 nitrogen and oxygen atoms in total. The maximum absolute atomic E-state index is 13.6. The SMILES string of the molecule is CC[C@H](C(=O)NC1CCCCC1)N(Cc1ccccc1C)C(=O)CN(C)S(=O)(=O)c1ccc(Cl)cc1. The van der Waals surface area contributed by atoms with E-state index in [1.54, 1.807) is 0 Å². The summed E-state index contributed by atoms with van der Waals surface area (Å²) in [5.41, 5.74) is 1.91. The van der Waals surface area contributed by atoms with E-state index in [2.05, 4.69) is 5.32 Å². The van der Waals surface area contributed by atoms with Crippen molar-refractivity contribution in [2.24, 2.45) is 0 Å². The van der Waals surface area contributed by atoms with Crippen LogP contribution in [0.3, 0.4) is 0 Å². The summed E-state index contributed by atoms with van der Waals surface area (Å²) in [6.07, 6.45) is 5.65. The molecule has 196 valence electrons. The number of carbonyl (C=O) groups is 2. The second-order valence-electron chi connectivity index (χ2n) is 9.43. The van der Waals surface area contributed by atoms with Crippen molar-refractivity contribution in [3.8, 4) is 0 Å². The monoisotopic (exact) mass is 533 g/mol. The van der Waals surface area contributed by atoms with Gasteiger partial charge in [0, 0.05) is 24.7 Å². The first-order chi connectivity index (χ1) is 17.1. The van der Waals surface area contributed by atoms with Crippen LogP contribution in [-0.4, -0.2) is 55.1 Å². The van der Waals surface area contributed by atoms with Crippen molar-refractivity contribution < 1.29 is 18.0 Å². The van der Waals surface area contributed by atoms with Crippen molar-refractivity contribution in [3.05, 3.63) is 64.7 Å². The molecular weight excluding hydrogens is 498 g/mol. The standard InChI is InChI=1S/C27H36ClN3O4S/c1-4-25(27(33)29-23-12-6-5-7-13-23)31(18-21-11-9-8-10-20(21)2)26(32)19-30(3)36(34,35)24-16-14-22(28)15-17-24/h8-11,14-17,23,25H,4-7,12-13,18-19H2,1-3H3,(H,29,33)/t25-/m1/s1. The number of nitrogens with zero attached hydrogens (tertiary/aromatic N) is 2. The van der Waals surface area contributed by atoms with E-state index in [4.69, 9.17) is 11.6 Å². The second kappa shape index (κ2) is 12.7. The molecule has 0 spiro atoms. The zero-order chi connectivity index (χ0) is 26.3. The Bertz CT molecular complexity index is 1150. The molecule has 2 amide bonds. The summed E-state index contributed by atoms with van der Waals surface area (Å²) in [4.78, 5) is 28.5. The Morgan fingerprint density at radius 1 is 1.06 bits per heavy atom. The van der Waals surface area contributed by atoms with Gasteiger partial charge in [0.05, 0.1) is 11.4 Å². The normalized spacial score (nSPS) is 15.5. The van der Waals surface area contributed by atoms with Crippen molar-refractivity contribution in [3.63, 3.8) is 0 Å². The molecule has 9 heteroatoms. The van der Waals surface area contributed by atoms with Gasteiger partial charge in [-0.25, -0.2) is 8.42 Å². The minimum Gasteiger partial charge on any atom is -0.352 e. The molecule has 1 aliphatic rings. The third-order valence-electron chi connectivity index (χ3n) is 6.82. The molecule has 2 aromatic rings. The molecule has 1 N–H and O–H groups in total. The van der Waals surface area contributed by atoms with Gasteiger partial charge in [0.1, 0.15) is 6.04 Å². The van der Waals surface area contributed by atoms with Crippen LogP contribution in [0.25, 0.3) is 0 Å². The molecule has 0 bridgehead atoms. The second-order valence-corrected chi connectivity index (χ2v) is 11.9. The lowest BCUT2D eigenvalue weighted by atomic mass is 9.95. The molecule has 1 atom stereocenters. The van der Waals surface area contributed by atoms with Crippen LogP contribution in [0.4, 0.5) is 0 Å². The molecule has 3 rings (SSSR count). The fraction of sp³-hybridized carbons (Fsp3) is 0.481. The van der Waals surface area contributed by atoms with E-state index in [0.717, 1.165) is 41.1 Å². The van der Waals surface area contributed by atoms with E-state index in [-0.39, 0.29) is 29.9 Å². The number of hydrogen-bond donors (Lipinski definition) is 1. The predicted molar refractivity (Wildman–Crippen MR) is 142 cm³/mol. The number of rotatable bonds is 10. The first-order valence-corrected chi connectivity index (χ1v) is 14.3. The average molecular weight is 534 g/mol. The van der Waals surface area contributed by atoms with Crippen molar-refractivity contribution in [1.29, 1.82) is 0 Å². The molecule has 36 heavy (non-hydrogen) atoms. The van der Waals surface area contributed by atoms with E-state index in [1.807, 2.05) is 38.1 Å². The van der Waals surface area contributed by atoms with Crippen LogP contribution in [0, 0.1) is 6.92 Å². The van der Waals surface area contributed by atoms with Gasteiger partial charge in [-0.1, -0.05) is 62.1 Å². The number of hydrogen-bond acceptors (Lipinski definition) is 4. The Hall–Kier alpha value is -2.42. The number of benzene rings is 2. The molecule has 0 heterocycles. The van der Waals surface area contributed by atoms with Crippen molar-refractivity contribution in [2.45, 2.75) is 75.9 Å². The van der Waals surface area contributed by atoms with Crippen LogP contribution in [0.5, 0.6) is 0 Å². The zero-order valence-electron chi connectivity index (χ0n) is 21.2. The Balaban J connectivity index is 1.84. The predicted octanol–water partition coefficient (Wildman–Crippen LogP) is 4.53. The minimum absolute atomic E-state index is 0.0507. The Kier molecular flexibility index (Phi) is 9.93. The first-order valence-electron chi connectivity index (χ1n) is 12.5. The molecular formula is C27H36ClN3O4S. The molecule has 1 fully saturated rings. The quantitative estimate of drug-likeness (QED) is 0.486. The molecule has 1 saturated carbocycles. The molecule has 0 aromatic heterocycles. The van der Waals surface area contributed by atoms with Gasteiger partial charge in [0.15, 0.2) is 0 Å². The number of likely N-dealkylation sites (N-methyl/N-ethyl adjacent to an activating group) is 1. The lowest BCUT2D eigenvalue weighted by Gasteiger charge is -2.34. The zero-order valence-corrected chi connectivity index (χ0v) is 22.8. The number of sulfonamides is 1. The Labute approximate surface area is 219 Å². The van der Waals surface area contributed by atoms with E-state index < -0.39 is 22.0 Å². The highest BCUT2D eigenvalue weighted by Gasteiger charge is 2.33. The van der Waals surface area contributed by atoms with Crippen LogP contribution in [0.2, 0.25) is 5.02 Å². The van der Waals surface area contributed by atoms with Gasteiger partial charge in [-0.3, -0.25) is 9.59 Å². The van der Waals surface area contributed by atoms with Crippen LogP contribution < -0.4 is 5.32 Å². The van der Waals surface area contributed by atoms with Crippen LogP contribution in [0.1, 0.15) is 56.6 Å². The summed E-state index contributed by atoms with van der Waals surface area (Å²) in [7, 11) is -2.54. The lowest BCUT2D eigenvalue weighted by Crippen LogP contribution is -2.53. The number of carbonyl (C=O) groups excluding carboxylic acids is 2. The number of aryl methyl sites for hydroxylation is 1. The minimum atomic E-state index is -3.91. The smallest absolute Gasteiger partial charge is 0.243 e. The largest absolute Gasteiger partial charge is 0.352 e. The highest BCUT2D eigenvalue weighted by atomic mass is 35.5. The lowest BCUT2D eigenvalue weighted by molar-refractivity contribution is -0.141. The third kappa shape index (κ3) is 7.08. The summed E-state index contributed by atoms with van der Waals surface area (Å²) in [6, 6.07) is 12.9. The first kappa shape index (κ1) is 28.2. The van der Waals surface area contributed by atoms with Crippen molar-refractivity contribution in [1.82, 2.24) is 14.5 Å². The summed E-state index contributed by atoms with van der Waals surface area (Å²) in [6.45, 7) is 3.66. The fourth-order valence-electron chi connectivity index (χ4n) is 4.59. The van der Waals surface area contributed by atoms with E-state index in [1.165, 1.54) is 42.6 Å². The van der Waals surface area contributed by atoms with Crippen molar-refractivity contribution in [2.75, 3.05) is 13.6 Å². The van der Waals surface area contributed by atoms with Gasteiger partial charge in [0.25, 0.3) is 0 Å². The number of amides is 2. The number of halogens is 1. The molecule has 0 saturated heterocycles. The van der Waals surface area contributed by atoms with Gasteiger partial charge in [-0.15, -0.1) is 0 Å². The summed E-state index contributed by atoms with van der Waals surface area (Å²) in [5, 5.41) is 3.57. The fourth-order valence-corrected chi connectivity index (χ4v) is 5.83. The summed E-state index contributed by atoms with van der Waals surface area (Å²) >= 11 is 5.90. The molecule has 1 aliphatic carbocycles. The van der Waals surface area contributed by atoms with E-state index in [0.29, 0.717) is 11.4 Å². The van der Waals surface area contributed by atoms with E-state index in [9.17, 15) is 18.0 Å². The van der Waals surface area contributed by atoms with Gasteiger partial charge >= 0.3 is 0 Å². The van der Waals surface area contributed by atoms with Crippen molar-refractivity contribution >= 4 is 33.4 Å². The average Bonchev–Trinajstić information content (AvgIpc) is 2.85. The summed E-state index contributed by atoms with van der Waals surface area (Å²) in [5.74, 6) is -0.613. The highest BCUT2D eigenvalue weighted by Crippen LogP contribution is 2.21. The molecule has 0 aliphatic heterocycles. The van der Waals surface area contributed by atoms with Gasteiger partial charge in [-0.2, -0.15) is 4.31 Å². The van der Waals surface area contributed by atoms with E-state index >= 15 is 0 Å². The molecule has 0 unspecified atom stereocenters. The molecule has 2 aromatic carbocycles. The number of nitrogens with one attached hydrogen (secondary N) is 1. The van der Waals surface area contributed by atoms with Gasteiger partial charge in [-0.05, 0) is 61.6 Å². The van der Waals surface area contributed by atoms with Crippen LogP contribution >= 0.6 is 11.6 Å². The molecule has 0 radical (unpaired) electrons. The Morgan fingerprint density at radius 2 is 1.69 bits per heavy atom. The van der Waals surface area contributed by atoms with Crippen LogP contribution in [-0.2, 0) is 26.2 Å². The summed E-state index contributed by atoms with van der Waals surface area (Å²) < 4.78 is 27.2. The third-order valence-corrected chi connectivity index (χ3v) is 8.89. The van der Waals surface area contributed by atoms with Crippen LogP contribution in [0.15, 0.2) is 53.4 Å². The topological polar surface area (TPSA) is 86.8 Å². The maximum Gasteiger partial charge on any atom is 0.243 e. The maximum atomic E-state index is 13.6.